The van der Waals surface area contributed by atoms with E-state index in [1.54, 1.807) is 11.8 Å². The van der Waals surface area contributed by atoms with Crippen LogP contribution in [0, 0.1) is 6.92 Å². The number of carbonyl (C=O) groups excluding carboxylic acids is 2. The number of benzene rings is 1. The molecule has 0 unspecified atom stereocenters. The van der Waals surface area contributed by atoms with Crippen LogP contribution in [0.15, 0.2) is 28.8 Å². The van der Waals surface area contributed by atoms with Gasteiger partial charge in [0.1, 0.15) is 12.1 Å². The molecule has 8 heteroatoms. The van der Waals surface area contributed by atoms with Gasteiger partial charge >= 0.3 is 6.03 Å². The molecule has 0 aliphatic carbocycles. The number of hydrogen-bond acceptors (Lipinski definition) is 6. The molecular formula is C16H16N4O3S. The van der Waals surface area contributed by atoms with Crippen LogP contribution in [0.1, 0.15) is 17.9 Å². The molecule has 3 amide bonds. The third kappa shape index (κ3) is 2.47. The number of thioether (sulfide) groups is 1. The van der Waals surface area contributed by atoms with E-state index >= 15 is 0 Å². The highest BCUT2D eigenvalue weighted by Crippen LogP contribution is 2.34. The molecule has 2 fully saturated rings. The minimum absolute atomic E-state index is 0.00407. The van der Waals surface area contributed by atoms with Crippen molar-refractivity contribution < 1.29 is 14.1 Å². The molecule has 1 N–H and O–H groups in total. The van der Waals surface area contributed by atoms with E-state index in [-0.39, 0.29) is 18.3 Å². The first-order valence-electron chi connectivity index (χ1n) is 7.69. The van der Waals surface area contributed by atoms with Crippen LogP contribution in [0.2, 0.25) is 0 Å². The molecule has 1 aromatic heterocycles. The van der Waals surface area contributed by atoms with E-state index in [2.05, 4.69) is 15.5 Å². The maximum absolute atomic E-state index is 12.6. The number of aromatic nitrogens is 2. The summed E-state index contributed by atoms with van der Waals surface area (Å²) in [6.07, 6.45) is 0.664. The highest BCUT2D eigenvalue weighted by molar-refractivity contribution is 7.99. The van der Waals surface area contributed by atoms with E-state index in [0.717, 1.165) is 16.9 Å². The predicted octanol–water partition coefficient (Wildman–Crippen LogP) is 1.97. The lowest BCUT2D eigenvalue weighted by Gasteiger charge is -2.18. The number of nitrogens with zero attached hydrogens (tertiary/aromatic N) is 3. The van der Waals surface area contributed by atoms with Gasteiger partial charge in [0.25, 0.3) is 5.91 Å². The number of rotatable bonds is 3. The molecule has 124 valence electrons. The number of hydrogen-bond donors (Lipinski definition) is 1. The molecule has 2 aliphatic heterocycles. The largest absolute Gasteiger partial charge is 0.337 e. The maximum Gasteiger partial charge on any atom is 0.325 e. The second-order valence-corrected chi connectivity index (χ2v) is 7.19. The SMILES string of the molecule is Cc1cccc(-c2noc(CN3C(=O)N[C@@]4(CCSC4)C3=O)n2)c1. The second-order valence-electron chi connectivity index (χ2n) is 6.09. The van der Waals surface area contributed by atoms with Gasteiger partial charge in [-0.1, -0.05) is 28.9 Å². The summed E-state index contributed by atoms with van der Waals surface area (Å²) in [6.45, 7) is 1.98. The van der Waals surface area contributed by atoms with Gasteiger partial charge in [0.15, 0.2) is 0 Å². The smallest absolute Gasteiger partial charge is 0.325 e. The second kappa shape index (κ2) is 5.62. The molecule has 0 saturated carbocycles. The fourth-order valence-corrected chi connectivity index (χ4v) is 4.33. The number of nitrogens with one attached hydrogen (secondary N) is 1. The molecule has 1 atom stereocenters. The summed E-state index contributed by atoms with van der Waals surface area (Å²) in [5, 5.41) is 6.77. The molecule has 1 aromatic carbocycles. The summed E-state index contributed by atoms with van der Waals surface area (Å²) in [5.74, 6) is 1.99. The van der Waals surface area contributed by atoms with Gasteiger partial charge in [-0.3, -0.25) is 9.69 Å². The summed E-state index contributed by atoms with van der Waals surface area (Å²) in [6, 6.07) is 7.35. The van der Waals surface area contributed by atoms with Gasteiger partial charge < -0.3 is 9.84 Å². The molecule has 24 heavy (non-hydrogen) atoms. The minimum atomic E-state index is -0.749. The third-order valence-corrected chi connectivity index (χ3v) is 5.49. The van der Waals surface area contributed by atoms with Crippen LogP contribution in [-0.4, -0.2) is 44.0 Å². The number of aryl methyl sites for hydroxylation is 1. The Balaban J connectivity index is 1.54. The fraction of sp³-hybridized carbons (Fsp3) is 0.375. The summed E-state index contributed by atoms with van der Waals surface area (Å²) in [7, 11) is 0. The van der Waals surface area contributed by atoms with E-state index in [0.29, 0.717) is 18.0 Å². The molecular weight excluding hydrogens is 328 g/mol. The van der Waals surface area contributed by atoms with E-state index < -0.39 is 11.6 Å². The quantitative estimate of drug-likeness (QED) is 0.857. The van der Waals surface area contributed by atoms with Crippen molar-refractivity contribution in [3.63, 3.8) is 0 Å². The van der Waals surface area contributed by atoms with Gasteiger partial charge in [-0.25, -0.2) is 4.79 Å². The van der Waals surface area contributed by atoms with Gasteiger partial charge in [-0.15, -0.1) is 0 Å². The van der Waals surface area contributed by atoms with Gasteiger partial charge in [0.05, 0.1) is 0 Å². The Morgan fingerprint density at radius 2 is 2.29 bits per heavy atom. The lowest BCUT2D eigenvalue weighted by Crippen LogP contribution is -2.46. The Kier molecular flexibility index (Phi) is 3.56. The van der Waals surface area contributed by atoms with Crippen molar-refractivity contribution in [2.24, 2.45) is 0 Å². The first kappa shape index (κ1) is 15.2. The van der Waals surface area contributed by atoms with Crippen LogP contribution >= 0.6 is 11.8 Å². The highest BCUT2D eigenvalue weighted by atomic mass is 32.2. The molecule has 2 saturated heterocycles. The number of urea groups is 1. The molecule has 2 aliphatic rings. The molecule has 7 nitrogen and oxygen atoms in total. The lowest BCUT2D eigenvalue weighted by molar-refractivity contribution is -0.131. The van der Waals surface area contributed by atoms with Crippen molar-refractivity contribution >= 4 is 23.7 Å². The van der Waals surface area contributed by atoms with Crippen LogP contribution in [0.25, 0.3) is 11.4 Å². The molecule has 1 spiro atoms. The average Bonchev–Trinajstić information content (AvgIpc) is 3.26. The van der Waals surface area contributed by atoms with Crippen LogP contribution in [0.5, 0.6) is 0 Å². The van der Waals surface area contributed by atoms with Crippen molar-refractivity contribution in [2.75, 3.05) is 11.5 Å². The fourth-order valence-electron chi connectivity index (χ4n) is 3.01. The standard InChI is InChI=1S/C16H16N4O3S/c1-10-3-2-4-11(7-10)13-17-12(23-19-13)8-20-14(21)16(18-15(20)22)5-6-24-9-16/h2-4,7H,5-6,8-9H2,1H3,(H,18,22)/t16-/m1/s1. The molecule has 0 radical (unpaired) electrons. The van der Waals surface area contributed by atoms with Crippen molar-refractivity contribution in [2.45, 2.75) is 25.4 Å². The first-order chi connectivity index (χ1) is 11.6. The zero-order chi connectivity index (χ0) is 16.7. The summed E-state index contributed by atoms with van der Waals surface area (Å²) in [5.41, 5.74) is 1.18. The number of imide groups is 1. The Bertz CT molecular complexity index is 813. The van der Waals surface area contributed by atoms with E-state index in [9.17, 15) is 9.59 Å². The predicted molar refractivity (Wildman–Crippen MR) is 88.2 cm³/mol. The monoisotopic (exact) mass is 344 g/mol. The van der Waals surface area contributed by atoms with E-state index in [4.69, 9.17) is 4.52 Å². The van der Waals surface area contributed by atoms with Crippen LogP contribution in [-0.2, 0) is 11.3 Å². The highest BCUT2D eigenvalue weighted by Gasteiger charge is 2.53. The Morgan fingerprint density at radius 3 is 3.04 bits per heavy atom. The van der Waals surface area contributed by atoms with Crippen LogP contribution in [0.3, 0.4) is 0 Å². The Morgan fingerprint density at radius 1 is 1.42 bits per heavy atom. The topological polar surface area (TPSA) is 88.3 Å². The lowest BCUT2D eigenvalue weighted by atomic mass is 9.99. The summed E-state index contributed by atoms with van der Waals surface area (Å²) in [4.78, 5) is 30.2. The van der Waals surface area contributed by atoms with Crippen molar-refractivity contribution in [3.8, 4) is 11.4 Å². The van der Waals surface area contributed by atoms with Crippen molar-refractivity contribution in [1.82, 2.24) is 20.4 Å². The average molecular weight is 344 g/mol. The first-order valence-corrected chi connectivity index (χ1v) is 8.84. The van der Waals surface area contributed by atoms with Crippen molar-refractivity contribution in [3.05, 3.63) is 35.7 Å². The zero-order valence-electron chi connectivity index (χ0n) is 13.1. The van der Waals surface area contributed by atoms with Gasteiger partial charge in [0, 0.05) is 11.3 Å². The molecule has 2 aromatic rings. The normalized spacial score (nSPS) is 23.3. The van der Waals surface area contributed by atoms with Gasteiger partial charge in [-0.2, -0.15) is 16.7 Å². The molecule has 4 rings (SSSR count). The van der Waals surface area contributed by atoms with E-state index in [1.807, 2.05) is 31.2 Å². The summed E-state index contributed by atoms with van der Waals surface area (Å²) < 4.78 is 5.23. The number of amides is 3. The van der Waals surface area contributed by atoms with Crippen molar-refractivity contribution in [1.29, 1.82) is 0 Å². The Hall–Kier alpha value is -2.35. The third-order valence-electron chi connectivity index (χ3n) is 4.31. The maximum atomic E-state index is 12.6. The molecule has 3 heterocycles. The minimum Gasteiger partial charge on any atom is -0.337 e. The Labute approximate surface area is 142 Å². The zero-order valence-corrected chi connectivity index (χ0v) is 13.9. The van der Waals surface area contributed by atoms with Gasteiger partial charge in [0.2, 0.25) is 11.7 Å². The van der Waals surface area contributed by atoms with Crippen LogP contribution < -0.4 is 5.32 Å². The molecule has 0 bridgehead atoms. The van der Waals surface area contributed by atoms with E-state index in [1.165, 1.54) is 4.90 Å². The van der Waals surface area contributed by atoms with Crippen LogP contribution in [0.4, 0.5) is 4.79 Å². The number of carbonyl (C=O) groups is 2. The summed E-state index contributed by atoms with van der Waals surface area (Å²) >= 11 is 1.67. The van der Waals surface area contributed by atoms with Gasteiger partial charge in [-0.05, 0) is 25.2 Å².